The van der Waals surface area contributed by atoms with Crippen LogP contribution in [-0.2, 0) is 6.42 Å². The van der Waals surface area contributed by atoms with Gasteiger partial charge in [0.05, 0.1) is 6.04 Å². The molecule has 0 saturated carbocycles. The van der Waals surface area contributed by atoms with Crippen LogP contribution in [0.2, 0.25) is 0 Å². The molecule has 1 aromatic heterocycles. The van der Waals surface area contributed by atoms with Gasteiger partial charge >= 0.3 is 0 Å². The van der Waals surface area contributed by atoms with Gasteiger partial charge in [-0.05, 0) is 62.5 Å². The Balaban J connectivity index is 1.77. The molecule has 0 spiro atoms. The highest BCUT2D eigenvalue weighted by Crippen LogP contribution is 2.35. The zero-order valence-electron chi connectivity index (χ0n) is 18.3. The first-order chi connectivity index (χ1) is 14.2. The first kappa shape index (κ1) is 14.2. The molecule has 0 fully saturated rings. The van der Waals surface area contributed by atoms with E-state index in [1.54, 1.807) is 12.1 Å². The topological polar surface area (TPSA) is 41.1 Å². The second kappa shape index (κ2) is 6.99. The van der Waals surface area contributed by atoms with E-state index in [9.17, 15) is 4.39 Å². The zero-order chi connectivity index (χ0) is 21.5. The average molecular weight is 365 g/mol. The molecule has 4 nitrogen and oxygen atoms in total. The van der Waals surface area contributed by atoms with Crippen molar-refractivity contribution in [3.63, 3.8) is 0 Å². The minimum absolute atomic E-state index is 0.324. The Hall–Kier alpha value is -2.95. The van der Waals surface area contributed by atoms with E-state index in [1.807, 2.05) is 43.0 Å². The van der Waals surface area contributed by atoms with Crippen molar-refractivity contribution in [2.24, 2.45) is 0 Å². The molecule has 0 bridgehead atoms. The summed E-state index contributed by atoms with van der Waals surface area (Å²) in [6.07, 6.45) is 0.742. The standard InChI is InChI=1S/C22H23FN4/c1-14-15(2)24-22(25-19-10-8-18(23)9-11-19)26-21(14)27-13-12-17-6-4-5-7-20(17)16(27)3/h4-11,16H,12-13H2,1-3H3,(H,24,25,26)/i3D3. The van der Waals surface area contributed by atoms with Crippen molar-refractivity contribution in [1.29, 1.82) is 0 Å². The normalized spacial score (nSPS) is 18.3. The second-order valence-corrected chi connectivity index (χ2v) is 6.76. The number of rotatable bonds is 3. The lowest BCUT2D eigenvalue weighted by Crippen LogP contribution is -2.35. The molecule has 3 aromatic rings. The highest BCUT2D eigenvalue weighted by atomic mass is 19.1. The van der Waals surface area contributed by atoms with E-state index in [1.165, 1.54) is 12.1 Å². The monoisotopic (exact) mass is 365 g/mol. The lowest BCUT2D eigenvalue weighted by atomic mass is 9.93. The summed E-state index contributed by atoms with van der Waals surface area (Å²) >= 11 is 0. The molecule has 138 valence electrons. The van der Waals surface area contributed by atoms with Crippen molar-refractivity contribution in [1.82, 2.24) is 9.97 Å². The van der Waals surface area contributed by atoms with Crippen molar-refractivity contribution in [3.05, 3.63) is 76.7 Å². The molecule has 5 heteroatoms. The van der Waals surface area contributed by atoms with E-state index in [-0.39, 0.29) is 5.82 Å². The third-order valence-corrected chi connectivity index (χ3v) is 5.02. The van der Waals surface area contributed by atoms with Crippen molar-refractivity contribution in [2.45, 2.75) is 33.2 Å². The van der Waals surface area contributed by atoms with Crippen LogP contribution in [0, 0.1) is 19.7 Å². The summed E-state index contributed by atoms with van der Waals surface area (Å²) in [6, 6.07) is 12.8. The Morgan fingerprint density at radius 3 is 2.67 bits per heavy atom. The summed E-state index contributed by atoms with van der Waals surface area (Å²) in [5.74, 6) is 0.625. The predicted molar refractivity (Wildman–Crippen MR) is 107 cm³/mol. The van der Waals surface area contributed by atoms with Gasteiger partial charge < -0.3 is 10.2 Å². The SMILES string of the molecule is [2H]C([2H])([2H])C1c2ccccc2CCN1c1nc(Nc2ccc(F)cc2)nc(C)c1C. The van der Waals surface area contributed by atoms with Gasteiger partial charge in [-0.2, -0.15) is 4.98 Å². The summed E-state index contributed by atoms with van der Waals surface area (Å²) in [4.78, 5) is 11.0. The molecule has 1 N–H and O–H groups in total. The first-order valence-electron chi connectivity index (χ1n) is 10.5. The molecule has 2 heterocycles. The zero-order valence-corrected chi connectivity index (χ0v) is 15.3. The van der Waals surface area contributed by atoms with Gasteiger partial charge in [0.25, 0.3) is 0 Å². The molecule has 1 aliphatic heterocycles. The van der Waals surface area contributed by atoms with Gasteiger partial charge in [0.1, 0.15) is 11.6 Å². The lowest BCUT2D eigenvalue weighted by Gasteiger charge is -2.37. The van der Waals surface area contributed by atoms with Gasteiger partial charge in [-0.25, -0.2) is 9.37 Å². The maximum absolute atomic E-state index is 13.2. The Labute approximate surface area is 163 Å². The molecular formula is C22H23FN4. The second-order valence-electron chi connectivity index (χ2n) is 6.76. The van der Waals surface area contributed by atoms with Crippen LogP contribution >= 0.6 is 0 Å². The van der Waals surface area contributed by atoms with Crippen molar-refractivity contribution >= 4 is 17.5 Å². The van der Waals surface area contributed by atoms with Gasteiger partial charge in [0.15, 0.2) is 0 Å². The van der Waals surface area contributed by atoms with Crippen LogP contribution in [0.5, 0.6) is 0 Å². The Kier molecular flexibility index (Phi) is 3.66. The molecule has 4 rings (SSSR count). The van der Waals surface area contributed by atoms with Gasteiger partial charge in [0, 0.05) is 27.6 Å². The Bertz CT molecular complexity index is 1070. The molecule has 2 aromatic carbocycles. The quantitative estimate of drug-likeness (QED) is 0.701. The number of aromatic nitrogens is 2. The minimum Gasteiger partial charge on any atom is -0.349 e. The number of aryl methyl sites for hydroxylation is 1. The van der Waals surface area contributed by atoms with E-state index in [4.69, 9.17) is 4.11 Å². The molecule has 1 atom stereocenters. The molecule has 1 unspecified atom stereocenters. The Morgan fingerprint density at radius 1 is 1.11 bits per heavy atom. The maximum Gasteiger partial charge on any atom is 0.229 e. The highest BCUT2D eigenvalue weighted by molar-refractivity contribution is 5.59. The van der Waals surface area contributed by atoms with Crippen LogP contribution in [0.25, 0.3) is 0 Å². The van der Waals surface area contributed by atoms with E-state index in [0.717, 1.165) is 28.8 Å². The summed E-state index contributed by atoms with van der Waals surface area (Å²) in [7, 11) is 0. The van der Waals surface area contributed by atoms with Gasteiger partial charge in [-0.1, -0.05) is 24.3 Å². The molecule has 0 saturated heterocycles. The van der Waals surface area contributed by atoms with Crippen molar-refractivity contribution in [2.75, 3.05) is 16.8 Å². The van der Waals surface area contributed by atoms with Gasteiger partial charge in [0.2, 0.25) is 5.95 Å². The number of anilines is 3. The molecule has 1 aliphatic rings. The summed E-state index contributed by atoms with van der Waals surface area (Å²) in [6.45, 7) is 2.11. The number of hydrogen-bond donors (Lipinski definition) is 1. The van der Waals surface area contributed by atoms with E-state index in [0.29, 0.717) is 24.0 Å². The highest BCUT2D eigenvalue weighted by Gasteiger charge is 2.26. The van der Waals surface area contributed by atoms with Crippen LogP contribution in [0.4, 0.5) is 21.8 Å². The van der Waals surface area contributed by atoms with Gasteiger partial charge in [-0.3, -0.25) is 0 Å². The number of nitrogens with one attached hydrogen (secondary N) is 1. The van der Waals surface area contributed by atoms with Crippen LogP contribution in [0.15, 0.2) is 48.5 Å². The molecular weight excluding hydrogens is 339 g/mol. The summed E-state index contributed by atoms with van der Waals surface area (Å²) in [5, 5.41) is 3.10. The Morgan fingerprint density at radius 2 is 1.89 bits per heavy atom. The number of hydrogen-bond acceptors (Lipinski definition) is 4. The van der Waals surface area contributed by atoms with Crippen molar-refractivity contribution in [3.8, 4) is 0 Å². The predicted octanol–water partition coefficient (Wildman–Crippen LogP) is 5.10. The van der Waals surface area contributed by atoms with E-state index < -0.39 is 12.9 Å². The van der Waals surface area contributed by atoms with Crippen LogP contribution < -0.4 is 10.2 Å². The van der Waals surface area contributed by atoms with Crippen LogP contribution in [-0.4, -0.2) is 16.5 Å². The third-order valence-electron chi connectivity index (χ3n) is 5.02. The number of halogens is 1. The van der Waals surface area contributed by atoms with Gasteiger partial charge in [-0.15, -0.1) is 0 Å². The molecule has 0 aliphatic carbocycles. The van der Waals surface area contributed by atoms with Crippen molar-refractivity contribution < 1.29 is 8.50 Å². The lowest BCUT2D eigenvalue weighted by molar-refractivity contribution is 0.614. The fraction of sp³-hybridized carbons (Fsp3) is 0.273. The summed E-state index contributed by atoms with van der Waals surface area (Å²) in [5.41, 5.74) is 4.12. The average Bonchev–Trinajstić information content (AvgIpc) is 2.70. The fourth-order valence-electron chi connectivity index (χ4n) is 3.41. The number of fused-ring (bicyclic) bond motifs is 1. The third kappa shape index (κ3) is 3.37. The smallest absolute Gasteiger partial charge is 0.229 e. The van der Waals surface area contributed by atoms with Crippen LogP contribution in [0.3, 0.4) is 0 Å². The van der Waals surface area contributed by atoms with Crippen LogP contribution in [0.1, 0.15) is 39.4 Å². The number of nitrogens with zero attached hydrogens (tertiary/aromatic N) is 3. The largest absolute Gasteiger partial charge is 0.349 e. The van der Waals surface area contributed by atoms with E-state index in [2.05, 4.69) is 15.3 Å². The number of benzene rings is 2. The summed E-state index contributed by atoms with van der Waals surface area (Å²) < 4.78 is 37.8. The maximum atomic E-state index is 13.2. The van der Waals surface area contributed by atoms with E-state index >= 15 is 0 Å². The minimum atomic E-state index is -2.22. The molecule has 0 radical (unpaired) electrons. The fourth-order valence-corrected chi connectivity index (χ4v) is 3.41. The molecule has 27 heavy (non-hydrogen) atoms. The molecule has 0 amide bonds. The first-order valence-corrected chi connectivity index (χ1v) is 8.96.